The Morgan fingerprint density at radius 2 is 1.19 bits per heavy atom. The van der Waals surface area contributed by atoms with Crippen molar-refractivity contribution in [2.75, 3.05) is 0 Å². The molecule has 1 unspecified atom stereocenters. The average Bonchev–Trinajstić information content (AvgIpc) is 3.83. The summed E-state index contributed by atoms with van der Waals surface area (Å²) < 4.78 is 0. The van der Waals surface area contributed by atoms with Crippen LogP contribution in [0.3, 0.4) is 0 Å². The minimum absolute atomic E-state index is 0.854. The van der Waals surface area contributed by atoms with Crippen LogP contribution in [0.5, 0.6) is 0 Å². The fourth-order valence-electron chi connectivity index (χ4n) is 6.32. The van der Waals surface area contributed by atoms with E-state index in [0.29, 0.717) is 0 Å². The van der Waals surface area contributed by atoms with Gasteiger partial charge in [0.05, 0.1) is 11.4 Å². The highest BCUT2D eigenvalue weighted by atomic mass is 15.1. The molecule has 43 heavy (non-hydrogen) atoms. The van der Waals surface area contributed by atoms with Gasteiger partial charge < -0.3 is 21.0 Å². The SMILES string of the molecule is NC12N/C(=C\C3=NC(=C\c4ccc([nH]4)/C=c4/cc/c([nH]4)=C/1c1ccccc1)/C=C3)C(c1ccccc1)=C2c1ccccc1. The van der Waals surface area contributed by atoms with E-state index >= 15 is 0 Å². The van der Waals surface area contributed by atoms with Crippen LogP contribution in [0.1, 0.15) is 28.1 Å². The molecule has 5 N–H and O–H groups in total. The largest absolute Gasteiger partial charge is 0.359 e. The highest BCUT2D eigenvalue weighted by Crippen LogP contribution is 2.47. The maximum absolute atomic E-state index is 7.77. The molecule has 5 nitrogen and oxygen atoms in total. The van der Waals surface area contributed by atoms with Gasteiger partial charge in [0.1, 0.15) is 5.66 Å². The smallest absolute Gasteiger partial charge is 0.142 e. The van der Waals surface area contributed by atoms with Crippen molar-refractivity contribution in [1.29, 1.82) is 0 Å². The first-order valence-electron chi connectivity index (χ1n) is 14.4. The second kappa shape index (κ2) is 10.0. The van der Waals surface area contributed by atoms with Crippen molar-refractivity contribution in [3.05, 3.63) is 184 Å². The zero-order valence-electron chi connectivity index (χ0n) is 23.4. The molecule has 1 atom stereocenters. The van der Waals surface area contributed by atoms with Crippen LogP contribution in [0.15, 0.2) is 150 Å². The third kappa shape index (κ3) is 4.43. The molecule has 206 valence electrons. The third-order valence-corrected chi connectivity index (χ3v) is 8.13. The standard InChI is InChI=1S/C38H29N5/c39-38-36(26-12-6-2-7-13-26)33-21-20-31(42-33)23-30-17-16-28(40-30)22-29-18-19-32(41-29)24-34(43-38)35(25-10-4-1-5-11-25)37(38)27-14-8-3-9-15-27/h1-24,40,42-43H,39H2/b29-22-,31-23-,34-24-,36-33-. The molecule has 2 aromatic heterocycles. The van der Waals surface area contributed by atoms with Gasteiger partial charge in [-0.2, -0.15) is 0 Å². The van der Waals surface area contributed by atoms with Gasteiger partial charge in [-0.25, -0.2) is 4.99 Å². The normalized spacial score (nSPS) is 23.5. The molecule has 0 saturated heterocycles. The van der Waals surface area contributed by atoms with Crippen LogP contribution in [-0.4, -0.2) is 21.3 Å². The number of allylic oxidation sites excluding steroid dienone is 4. The Kier molecular flexibility index (Phi) is 5.84. The Morgan fingerprint density at radius 1 is 0.558 bits per heavy atom. The number of nitrogens with one attached hydrogen (secondary N) is 3. The number of benzene rings is 3. The molecule has 0 spiro atoms. The summed E-state index contributed by atoms with van der Waals surface area (Å²) in [6.07, 6.45) is 10.4. The first-order valence-corrected chi connectivity index (χ1v) is 14.4. The Morgan fingerprint density at radius 3 is 1.88 bits per heavy atom. The summed E-state index contributed by atoms with van der Waals surface area (Å²) in [5.41, 5.74) is 17.5. The summed E-state index contributed by atoms with van der Waals surface area (Å²) in [7, 11) is 0. The summed E-state index contributed by atoms with van der Waals surface area (Å²) in [4.78, 5) is 12.1. The zero-order valence-corrected chi connectivity index (χ0v) is 23.4. The van der Waals surface area contributed by atoms with Crippen molar-refractivity contribution in [2.45, 2.75) is 5.66 Å². The van der Waals surface area contributed by atoms with Crippen molar-refractivity contribution in [1.82, 2.24) is 15.3 Å². The van der Waals surface area contributed by atoms with Gasteiger partial charge >= 0.3 is 0 Å². The van der Waals surface area contributed by atoms with E-state index in [1.165, 1.54) is 0 Å². The number of H-pyrrole nitrogens is 2. The quantitative estimate of drug-likeness (QED) is 0.238. The third-order valence-electron chi connectivity index (χ3n) is 8.13. The predicted molar refractivity (Wildman–Crippen MR) is 176 cm³/mol. The van der Waals surface area contributed by atoms with E-state index in [2.05, 4.69) is 137 Å². The summed E-state index contributed by atoms with van der Waals surface area (Å²) in [5.74, 6) is 0. The molecule has 0 radical (unpaired) electrons. The van der Waals surface area contributed by atoms with Gasteiger partial charge in [-0.3, -0.25) is 0 Å². The summed E-state index contributed by atoms with van der Waals surface area (Å²) in [5, 5.41) is 5.75. The molecule has 0 fully saturated rings. The number of aromatic nitrogens is 2. The number of hydrogen-bond donors (Lipinski definition) is 4. The lowest BCUT2D eigenvalue weighted by Gasteiger charge is -2.32. The van der Waals surface area contributed by atoms with Crippen molar-refractivity contribution >= 4 is 34.6 Å². The van der Waals surface area contributed by atoms with Crippen molar-refractivity contribution in [3.63, 3.8) is 0 Å². The van der Waals surface area contributed by atoms with E-state index in [4.69, 9.17) is 10.7 Å². The Labute approximate surface area is 249 Å². The molecule has 8 bridgehead atoms. The molecule has 8 rings (SSSR count). The van der Waals surface area contributed by atoms with Crippen LogP contribution in [0.25, 0.3) is 28.9 Å². The fraction of sp³-hybridized carbons (Fsp3) is 0.0263. The minimum Gasteiger partial charge on any atom is -0.359 e. The molecule has 5 heteroatoms. The van der Waals surface area contributed by atoms with Crippen LogP contribution >= 0.6 is 0 Å². The van der Waals surface area contributed by atoms with Crippen LogP contribution < -0.4 is 21.7 Å². The molecule has 0 saturated carbocycles. The molecule has 0 aliphatic carbocycles. The molecule has 5 aromatic rings. The van der Waals surface area contributed by atoms with Crippen molar-refractivity contribution in [3.8, 4) is 0 Å². The van der Waals surface area contributed by atoms with E-state index < -0.39 is 5.66 Å². The number of fused-ring (bicyclic) bond motifs is 7. The lowest BCUT2D eigenvalue weighted by molar-refractivity contribution is 0.625. The second-order valence-electron chi connectivity index (χ2n) is 11.0. The molecule has 5 heterocycles. The van der Waals surface area contributed by atoms with Crippen LogP contribution in [0, 0.1) is 0 Å². The van der Waals surface area contributed by atoms with E-state index in [1.54, 1.807) is 0 Å². The monoisotopic (exact) mass is 555 g/mol. The highest BCUT2D eigenvalue weighted by molar-refractivity contribution is 6.15. The van der Waals surface area contributed by atoms with E-state index in [9.17, 15) is 0 Å². The molecule has 3 aliphatic heterocycles. The summed E-state index contributed by atoms with van der Waals surface area (Å²) >= 11 is 0. The van der Waals surface area contributed by atoms with Gasteiger partial charge in [-0.05, 0) is 71.3 Å². The Hall–Kier alpha value is -5.65. The van der Waals surface area contributed by atoms with Gasteiger partial charge in [0.25, 0.3) is 0 Å². The molecule has 3 aromatic carbocycles. The van der Waals surface area contributed by atoms with Crippen LogP contribution in [0.4, 0.5) is 0 Å². The number of aromatic amines is 2. The Balaban J connectivity index is 1.52. The van der Waals surface area contributed by atoms with E-state index in [1.807, 2.05) is 24.3 Å². The predicted octanol–water partition coefficient (Wildman–Crippen LogP) is 5.49. The van der Waals surface area contributed by atoms with Crippen LogP contribution in [-0.2, 0) is 0 Å². The maximum atomic E-state index is 7.77. The van der Waals surface area contributed by atoms with Crippen LogP contribution in [0.2, 0.25) is 0 Å². The van der Waals surface area contributed by atoms with Gasteiger partial charge in [0.2, 0.25) is 0 Å². The van der Waals surface area contributed by atoms with Gasteiger partial charge in [0, 0.05) is 44.5 Å². The topological polar surface area (TPSA) is 82.0 Å². The summed E-state index contributed by atoms with van der Waals surface area (Å²) in [6, 6.07) is 39.7. The number of nitrogens with zero attached hydrogens (tertiary/aromatic N) is 1. The van der Waals surface area contributed by atoms with Gasteiger partial charge in [0.15, 0.2) is 0 Å². The molecular formula is C38H29N5. The molecule has 3 aliphatic rings. The van der Waals surface area contributed by atoms with Gasteiger partial charge in [-0.15, -0.1) is 0 Å². The first-order chi connectivity index (χ1) is 21.1. The van der Waals surface area contributed by atoms with E-state index in [0.717, 1.165) is 72.6 Å². The lowest BCUT2D eigenvalue weighted by atomic mass is 9.82. The summed E-state index contributed by atoms with van der Waals surface area (Å²) in [6.45, 7) is 0. The van der Waals surface area contributed by atoms with Crippen molar-refractivity contribution < 1.29 is 0 Å². The van der Waals surface area contributed by atoms with E-state index in [-0.39, 0.29) is 0 Å². The highest BCUT2D eigenvalue weighted by Gasteiger charge is 2.45. The number of nitrogens with two attached hydrogens (primary N) is 1. The Bertz CT molecular complexity index is 2140. The number of rotatable bonds is 3. The minimum atomic E-state index is -1.10. The number of aliphatic imine (C=N–C) groups is 1. The maximum Gasteiger partial charge on any atom is 0.142 e. The molecular weight excluding hydrogens is 526 g/mol. The number of hydrogen-bond acceptors (Lipinski definition) is 3. The van der Waals surface area contributed by atoms with Crippen molar-refractivity contribution in [2.24, 2.45) is 10.7 Å². The molecule has 0 amide bonds. The van der Waals surface area contributed by atoms with Gasteiger partial charge in [-0.1, -0.05) is 91.0 Å². The average molecular weight is 556 g/mol. The zero-order chi connectivity index (χ0) is 28.8. The lowest BCUT2D eigenvalue weighted by Crippen LogP contribution is -2.53. The second-order valence-corrected chi connectivity index (χ2v) is 11.0. The first kappa shape index (κ1) is 25.1. The fourth-order valence-corrected chi connectivity index (χ4v) is 6.32.